The van der Waals surface area contributed by atoms with Crippen LogP contribution in [0.5, 0.6) is 11.5 Å². The first-order valence-electron chi connectivity index (χ1n) is 9.83. The predicted octanol–water partition coefficient (Wildman–Crippen LogP) is 5.31. The number of para-hydroxylation sites is 1. The average molecular weight is 389 g/mol. The topological polar surface area (TPSA) is 38.8 Å². The highest BCUT2D eigenvalue weighted by molar-refractivity contribution is 5.89. The molecule has 2 aromatic rings. The highest BCUT2D eigenvalue weighted by Gasteiger charge is 2.58. The molecule has 0 aliphatic carbocycles. The van der Waals surface area contributed by atoms with Crippen LogP contribution in [0.1, 0.15) is 43.0 Å². The fraction of sp³-hybridized carbons (Fsp3) is 0.320. The number of carbonyl (C=O) groups excluding carboxylic acids is 1. The molecule has 1 spiro atoms. The Kier molecular flexibility index (Phi) is 4.16. The number of hydrogen-bond acceptors (Lipinski definition) is 4. The van der Waals surface area contributed by atoms with Crippen molar-refractivity contribution < 1.29 is 14.3 Å². The van der Waals surface area contributed by atoms with Gasteiger partial charge in [0.2, 0.25) is 5.72 Å². The van der Waals surface area contributed by atoms with Crippen LogP contribution in [0.2, 0.25) is 0 Å². The quantitative estimate of drug-likeness (QED) is 0.396. The molecule has 2 aliphatic rings. The molecule has 150 valence electrons. The van der Waals surface area contributed by atoms with Gasteiger partial charge < -0.3 is 14.4 Å². The van der Waals surface area contributed by atoms with Crippen LogP contribution in [0.3, 0.4) is 0 Å². The van der Waals surface area contributed by atoms with E-state index < -0.39 is 11.7 Å². The fourth-order valence-electron chi connectivity index (χ4n) is 4.73. The minimum atomic E-state index is -0.731. The molecule has 4 heteroatoms. The van der Waals surface area contributed by atoms with Crippen LogP contribution in [0.15, 0.2) is 48.6 Å². The van der Waals surface area contributed by atoms with Crippen molar-refractivity contribution in [3.63, 3.8) is 0 Å². The number of hydrogen-bond donors (Lipinski definition) is 0. The molecule has 0 fully saturated rings. The van der Waals surface area contributed by atoms with Gasteiger partial charge in [-0.05, 0) is 69.5 Å². The minimum Gasteiger partial charge on any atom is -0.459 e. The second kappa shape index (κ2) is 6.24. The van der Waals surface area contributed by atoms with E-state index in [0.717, 1.165) is 5.56 Å². The Morgan fingerprint density at radius 3 is 2.48 bits per heavy atom. The Morgan fingerprint density at radius 1 is 1.14 bits per heavy atom. The van der Waals surface area contributed by atoms with Crippen molar-refractivity contribution in [3.8, 4) is 11.5 Å². The Balaban J connectivity index is 1.87. The summed E-state index contributed by atoms with van der Waals surface area (Å²) in [4.78, 5) is 14.4. The van der Waals surface area contributed by atoms with E-state index in [1.165, 1.54) is 22.4 Å². The monoisotopic (exact) mass is 389 g/mol. The van der Waals surface area contributed by atoms with E-state index in [1.54, 1.807) is 13.0 Å². The summed E-state index contributed by atoms with van der Waals surface area (Å²) < 4.78 is 12.3. The smallest absolute Gasteiger partial charge is 0.338 e. The van der Waals surface area contributed by atoms with Crippen molar-refractivity contribution in [2.45, 2.75) is 45.8 Å². The van der Waals surface area contributed by atoms with Gasteiger partial charge in [-0.3, -0.25) is 0 Å². The number of fused-ring (bicyclic) bond motifs is 2. The second-order valence-corrected chi connectivity index (χ2v) is 8.58. The van der Waals surface area contributed by atoms with E-state index in [9.17, 15) is 4.79 Å². The molecule has 0 aromatic heterocycles. The summed E-state index contributed by atoms with van der Waals surface area (Å²) in [5.74, 6) is 0.528. The molecular formula is C25H27NO3. The molecule has 2 heterocycles. The molecular weight excluding hydrogens is 362 g/mol. The minimum absolute atomic E-state index is 0.327. The number of nitrogens with zero attached hydrogens (tertiary/aromatic N) is 1. The van der Waals surface area contributed by atoms with Gasteiger partial charge in [-0.2, -0.15) is 0 Å². The molecule has 1 unspecified atom stereocenters. The second-order valence-electron chi connectivity index (χ2n) is 8.58. The molecule has 0 saturated heterocycles. The van der Waals surface area contributed by atoms with Crippen molar-refractivity contribution >= 4 is 17.7 Å². The Bertz CT molecular complexity index is 1080. The molecule has 2 aromatic carbocycles. The number of ether oxygens (including phenoxy) is 2. The summed E-state index contributed by atoms with van der Waals surface area (Å²) >= 11 is 0. The molecule has 2 aliphatic heterocycles. The van der Waals surface area contributed by atoms with Crippen molar-refractivity contribution in [1.29, 1.82) is 0 Å². The zero-order valence-corrected chi connectivity index (χ0v) is 17.9. The zero-order valence-electron chi connectivity index (χ0n) is 17.9. The first kappa shape index (κ1) is 19.3. The van der Waals surface area contributed by atoms with Gasteiger partial charge in [0, 0.05) is 23.9 Å². The average Bonchev–Trinajstić information content (AvgIpc) is 2.84. The fourth-order valence-corrected chi connectivity index (χ4v) is 4.73. The third kappa shape index (κ3) is 2.55. The lowest BCUT2D eigenvalue weighted by Gasteiger charge is -2.46. The highest BCUT2D eigenvalue weighted by Crippen LogP contribution is 2.57. The summed E-state index contributed by atoms with van der Waals surface area (Å²) in [6.45, 7) is 14.0. The van der Waals surface area contributed by atoms with Gasteiger partial charge in [0.15, 0.2) is 11.5 Å². The summed E-state index contributed by atoms with van der Waals surface area (Å²) in [6.07, 6.45) is 4.18. The number of rotatable bonds is 2. The maximum absolute atomic E-state index is 12.2. The lowest BCUT2D eigenvalue weighted by Crippen LogP contribution is -2.58. The third-order valence-corrected chi connectivity index (χ3v) is 6.25. The molecule has 0 amide bonds. The van der Waals surface area contributed by atoms with Crippen molar-refractivity contribution in [2.24, 2.45) is 0 Å². The molecule has 0 N–H and O–H groups in total. The maximum Gasteiger partial charge on any atom is 0.338 e. The standard InChI is InChI=1S/C25H27NO3/c1-15(2)23(27)28-19-10-8-9-18-13-14-25(29-22(18)19)24(5,6)20-16(3)11-12-17(4)21(20)26(25)7/h8-14H,1H2,2-7H3. The zero-order chi connectivity index (χ0) is 21.1. The van der Waals surface area contributed by atoms with Crippen LogP contribution in [-0.4, -0.2) is 18.7 Å². The van der Waals surface area contributed by atoms with Gasteiger partial charge in [0.1, 0.15) is 0 Å². The number of anilines is 1. The summed E-state index contributed by atoms with van der Waals surface area (Å²) in [5, 5.41) is 0. The van der Waals surface area contributed by atoms with E-state index in [1.807, 2.05) is 12.1 Å². The lowest BCUT2D eigenvalue weighted by atomic mass is 9.74. The van der Waals surface area contributed by atoms with Crippen LogP contribution < -0.4 is 14.4 Å². The van der Waals surface area contributed by atoms with Crippen LogP contribution in [-0.2, 0) is 10.2 Å². The van der Waals surface area contributed by atoms with E-state index in [2.05, 4.69) is 70.5 Å². The number of likely N-dealkylation sites (N-methyl/N-ethyl adjacent to an activating group) is 1. The molecule has 4 nitrogen and oxygen atoms in total. The highest BCUT2D eigenvalue weighted by atomic mass is 16.6. The van der Waals surface area contributed by atoms with Gasteiger partial charge in [-0.1, -0.05) is 30.8 Å². The maximum atomic E-state index is 12.2. The van der Waals surface area contributed by atoms with Gasteiger partial charge in [0.25, 0.3) is 0 Å². The predicted molar refractivity (Wildman–Crippen MR) is 117 cm³/mol. The van der Waals surface area contributed by atoms with E-state index >= 15 is 0 Å². The molecule has 29 heavy (non-hydrogen) atoms. The van der Waals surface area contributed by atoms with Gasteiger partial charge >= 0.3 is 5.97 Å². The molecule has 0 saturated carbocycles. The first-order valence-corrected chi connectivity index (χ1v) is 9.83. The largest absolute Gasteiger partial charge is 0.459 e. The van der Waals surface area contributed by atoms with Gasteiger partial charge in [0.05, 0.1) is 5.41 Å². The first-order chi connectivity index (χ1) is 13.6. The summed E-state index contributed by atoms with van der Waals surface area (Å²) in [6, 6.07) is 9.91. The Morgan fingerprint density at radius 2 is 1.83 bits per heavy atom. The van der Waals surface area contributed by atoms with E-state index in [0.29, 0.717) is 17.1 Å². The van der Waals surface area contributed by atoms with Crippen LogP contribution in [0, 0.1) is 13.8 Å². The molecule has 1 atom stereocenters. The Labute approximate surface area is 172 Å². The van der Waals surface area contributed by atoms with Crippen LogP contribution in [0.4, 0.5) is 5.69 Å². The van der Waals surface area contributed by atoms with Crippen LogP contribution >= 0.6 is 0 Å². The van der Waals surface area contributed by atoms with Crippen molar-refractivity contribution in [1.82, 2.24) is 0 Å². The summed E-state index contributed by atoms with van der Waals surface area (Å²) in [7, 11) is 2.07. The van der Waals surface area contributed by atoms with Gasteiger partial charge in [-0.15, -0.1) is 0 Å². The van der Waals surface area contributed by atoms with Gasteiger partial charge in [-0.25, -0.2) is 4.79 Å². The van der Waals surface area contributed by atoms with E-state index in [-0.39, 0.29) is 5.41 Å². The van der Waals surface area contributed by atoms with Crippen molar-refractivity contribution in [2.75, 3.05) is 11.9 Å². The number of aryl methyl sites for hydroxylation is 2. The third-order valence-electron chi connectivity index (χ3n) is 6.25. The van der Waals surface area contributed by atoms with Crippen molar-refractivity contribution in [3.05, 3.63) is 70.8 Å². The Hall–Kier alpha value is -3.01. The number of benzene rings is 2. The SMILES string of the molecule is C=C(C)C(=O)Oc1cccc2c1OC1(C=C2)N(C)c2c(C)ccc(C)c2C1(C)C. The molecule has 4 rings (SSSR count). The number of esters is 1. The molecule has 0 radical (unpaired) electrons. The molecule has 0 bridgehead atoms. The van der Waals surface area contributed by atoms with Crippen LogP contribution in [0.25, 0.3) is 6.08 Å². The summed E-state index contributed by atoms with van der Waals surface area (Å²) in [5.41, 5.74) is 5.10. The van der Waals surface area contributed by atoms with E-state index in [4.69, 9.17) is 9.47 Å². The lowest BCUT2D eigenvalue weighted by molar-refractivity contribution is -0.130. The normalized spacial score (nSPS) is 20.8. The number of carbonyl (C=O) groups is 1.